The third kappa shape index (κ3) is 2.83. The molecule has 0 fully saturated rings. The number of fused-ring (bicyclic) bond motifs is 1. The summed E-state index contributed by atoms with van der Waals surface area (Å²) in [7, 11) is 0. The number of aryl methyl sites for hydroxylation is 1. The van der Waals surface area contributed by atoms with Gasteiger partial charge in [-0.15, -0.1) is 5.10 Å². The molecule has 0 bridgehead atoms. The average Bonchev–Trinajstić information content (AvgIpc) is 2.96. The first-order valence-electron chi connectivity index (χ1n) is 6.53. The van der Waals surface area contributed by atoms with Crippen LogP contribution in [0.25, 0.3) is 0 Å². The van der Waals surface area contributed by atoms with E-state index in [1.807, 2.05) is 26.0 Å². The molecule has 2 aromatic rings. The highest BCUT2D eigenvalue weighted by molar-refractivity contribution is 9.10. The number of rotatable bonds is 4. The van der Waals surface area contributed by atoms with Crippen molar-refractivity contribution in [3.05, 3.63) is 28.0 Å². The number of likely N-dealkylation sites (N-methyl/N-ethyl adjacent to an activating group) is 1. The number of benzene rings is 1. The zero-order chi connectivity index (χ0) is 15.0. The molecule has 1 unspecified atom stereocenters. The smallest absolute Gasteiger partial charge is 0.246 e. The van der Waals surface area contributed by atoms with Crippen LogP contribution in [-0.4, -0.2) is 27.6 Å². The molecule has 1 amide bonds. The Hall–Kier alpha value is -1.38. The van der Waals surface area contributed by atoms with Crippen LogP contribution in [0.4, 0.5) is 5.69 Å². The lowest BCUT2D eigenvalue weighted by atomic mass is 10.1. The number of carbonyl (C=O) groups is 1. The standard InChI is InChI=1S/C13H14BrN5OS/c1-3-15-11-7-4-8(14)10(5-9(7)17-12(11)20)21-13-16-6(2)18-19-13/h4-5,11,15H,3H2,1-2H3,(H,17,20)(H,16,18,19). The third-order valence-corrected chi connectivity index (χ3v) is 4.96. The summed E-state index contributed by atoms with van der Waals surface area (Å²) in [6.45, 7) is 4.58. The Morgan fingerprint density at radius 3 is 2.95 bits per heavy atom. The van der Waals surface area contributed by atoms with Gasteiger partial charge in [-0.1, -0.05) is 6.92 Å². The SMILES string of the molecule is CCNC1C(=O)Nc2cc(Sc3n[nH]c(C)n3)c(Br)cc21. The van der Waals surface area contributed by atoms with E-state index in [1.54, 1.807) is 0 Å². The van der Waals surface area contributed by atoms with Crippen molar-refractivity contribution in [1.82, 2.24) is 20.5 Å². The van der Waals surface area contributed by atoms with Crippen molar-refractivity contribution in [1.29, 1.82) is 0 Å². The number of hydrogen-bond acceptors (Lipinski definition) is 5. The van der Waals surface area contributed by atoms with Crippen molar-refractivity contribution in [2.45, 2.75) is 29.9 Å². The highest BCUT2D eigenvalue weighted by atomic mass is 79.9. The number of aromatic nitrogens is 3. The molecule has 110 valence electrons. The van der Waals surface area contributed by atoms with E-state index in [2.05, 4.69) is 41.7 Å². The fourth-order valence-electron chi connectivity index (χ4n) is 2.21. The largest absolute Gasteiger partial charge is 0.324 e. The van der Waals surface area contributed by atoms with Crippen molar-refractivity contribution < 1.29 is 4.79 Å². The van der Waals surface area contributed by atoms with Crippen molar-refractivity contribution in [2.24, 2.45) is 0 Å². The molecule has 8 heteroatoms. The molecule has 1 aliphatic heterocycles. The first-order valence-corrected chi connectivity index (χ1v) is 8.14. The summed E-state index contributed by atoms with van der Waals surface area (Å²) in [4.78, 5) is 17.2. The van der Waals surface area contributed by atoms with Gasteiger partial charge in [-0.2, -0.15) is 0 Å². The van der Waals surface area contributed by atoms with E-state index < -0.39 is 0 Å². The fraction of sp³-hybridized carbons (Fsp3) is 0.308. The van der Waals surface area contributed by atoms with Gasteiger partial charge in [0.05, 0.1) is 0 Å². The first-order chi connectivity index (χ1) is 10.1. The van der Waals surface area contributed by atoms with Crippen LogP contribution < -0.4 is 10.6 Å². The zero-order valence-corrected chi connectivity index (χ0v) is 13.9. The molecule has 1 aromatic carbocycles. The Bertz CT molecular complexity index is 702. The van der Waals surface area contributed by atoms with Crippen LogP contribution in [0.15, 0.2) is 26.7 Å². The van der Waals surface area contributed by atoms with E-state index >= 15 is 0 Å². The normalized spacial score (nSPS) is 16.9. The minimum absolute atomic E-state index is 0.0189. The Kier molecular flexibility index (Phi) is 4.01. The molecule has 2 heterocycles. The Labute approximate surface area is 134 Å². The second kappa shape index (κ2) is 5.78. The summed E-state index contributed by atoms with van der Waals surface area (Å²) in [5, 5.41) is 13.7. The number of anilines is 1. The number of aromatic amines is 1. The Morgan fingerprint density at radius 1 is 1.48 bits per heavy atom. The van der Waals surface area contributed by atoms with Gasteiger partial charge in [0.2, 0.25) is 11.1 Å². The maximum absolute atomic E-state index is 12.0. The molecular formula is C13H14BrN5OS. The lowest BCUT2D eigenvalue weighted by Gasteiger charge is -2.10. The van der Waals surface area contributed by atoms with Gasteiger partial charge in [-0.05, 0) is 53.3 Å². The molecule has 1 aromatic heterocycles. The lowest BCUT2D eigenvalue weighted by molar-refractivity contribution is -0.117. The maximum atomic E-state index is 12.0. The van der Waals surface area contributed by atoms with E-state index in [-0.39, 0.29) is 11.9 Å². The number of nitrogens with one attached hydrogen (secondary N) is 3. The number of hydrogen-bond donors (Lipinski definition) is 3. The molecular weight excluding hydrogens is 354 g/mol. The van der Waals surface area contributed by atoms with Gasteiger partial charge in [0.15, 0.2) is 0 Å². The number of halogens is 1. The molecule has 0 aliphatic carbocycles. The van der Waals surface area contributed by atoms with Gasteiger partial charge in [0.1, 0.15) is 11.9 Å². The summed E-state index contributed by atoms with van der Waals surface area (Å²) < 4.78 is 0.924. The monoisotopic (exact) mass is 367 g/mol. The molecule has 0 spiro atoms. The number of H-pyrrole nitrogens is 1. The summed E-state index contributed by atoms with van der Waals surface area (Å²) in [5.41, 5.74) is 1.80. The van der Waals surface area contributed by atoms with Crippen molar-refractivity contribution in [3.63, 3.8) is 0 Å². The molecule has 3 rings (SSSR count). The van der Waals surface area contributed by atoms with Crippen LogP contribution in [0.3, 0.4) is 0 Å². The quantitative estimate of drug-likeness (QED) is 0.773. The Balaban J connectivity index is 1.92. The van der Waals surface area contributed by atoms with E-state index in [0.29, 0.717) is 5.16 Å². The summed E-state index contributed by atoms with van der Waals surface area (Å²) in [6, 6.07) is 3.64. The van der Waals surface area contributed by atoms with Crippen molar-refractivity contribution in [3.8, 4) is 0 Å². The Morgan fingerprint density at radius 2 is 2.29 bits per heavy atom. The summed E-state index contributed by atoms with van der Waals surface area (Å²) in [6.07, 6.45) is 0. The van der Waals surface area contributed by atoms with Crippen LogP contribution in [-0.2, 0) is 4.79 Å². The van der Waals surface area contributed by atoms with Gasteiger partial charge in [-0.3, -0.25) is 9.89 Å². The number of amides is 1. The molecule has 0 saturated heterocycles. The lowest BCUT2D eigenvalue weighted by Crippen LogP contribution is -2.27. The van der Waals surface area contributed by atoms with Crippen molar-refractivity contribution in [2.75, 3.05) is 11.9 Å². The molecule has 3 N–H and O–H groups in total. The van der Waals surface area contributed by atoms with Crippen LogP contribution in [0.1, 0.15) is 24.4 Å². The minimum atomic E-state index is -0.286. The topological polar surface area (TPSA) is 82.7 Å². The van der Waals surface area contributed by atoms with Gasteiger partial charge < -0.3 is 10.6 Å². The summed E-state index contributed by atoms with van der Waals surface area (Å²) >= 11 is 5.00. The van der Waals surface area contributed by atoms with Gasteiger partial charge >= 0.3 is 0 Å². The average molecular weight is 368 g/mol. The van der Waals surface area contributed by atoms with Gasteiger partial charge in [0, 0.05) is 20.6 Å². The molecule has 6 nitrogen and oxygen atoms in total. The predicted molar refractivity (Wildman–Crippen MR) is 84.4 cm³/mol. The van der Waals surface area contributed by atoms with Crippen LogP contribution in [0.5, 0.6) is 0 Å². The van der Waals surface area contributed by atoms with Gasteiger partial charge in [0.25, 0.3) is 0 Å². The highest BCUT2D eigenvalue weighted by Crippen LogP contribution is 2.40. The van der Waals surface area contributed by atoms with E-state index in [4.69, 9.17) is 0 Å². The molecule has 1 aliphatic rings. The van der Waals surface area contributed by atoms with Gasteiger partial charge in [-0.25, -0.2) is 4.98 Å². The van der Waals surface area contributed by atoms with E-state index in [0.717, 1.165) is 33.0 Å². The van der Waals surface area contributed by atoms with Crippen LogP contribution in [0, 0.1) is 6.92 Å². The molecule has 1 atom stereocenters. The first kappa shape index (κ1) is 14.6. The predicted octanol–water partition coefficient (Wildman–Crippen LogP) is 2.63. The summed E-state index contributed by atoms with van der Waals surface area (Å²) in [5.74, 6) is 0.755. The maximum Gasteiger partial charge on any atom is 0.246 e. The number of nitrogens with zero attached hydrogens (tertiary/aromatic N) is 2. The van der Waals surface area contributed by atoms with Crippen LogP contribution in [0.2, 0.25) is 0 Å². The highest BCUT2D eigenvalue weighted by Gasteiger charge is 2.30. The van der Waals surface area contributed by atoms with Crippen molar-refractivity contribution >= 4 is 39.3 Å². The zero-order valence-electron chi connectivity index (χ0n) is 11.5. The molecule has 0 saturated carbocycles. The van der Waals surface area contributed by atoms with E-state index in [9.17, 15) is 4.79 Å². The fourth-order valence-corrected chi connectivity index (χ4v) is 3.62. The molecule has 21 heavy (non-hydrogen) atoms. The molecule has 0 radical (unpaired) electrons. The number of carbonyl (C=O) groups excluding carboxylic acids is 1. The third-order valence-electron chi connectivity index (χ3n) is 3.12. The minimum Gasteiger partial charge on any atom is -0.324 e. The second-order valence-electron chi connectivity index (χ2n) is 4.66. The second-order valence-corrected chi connectivity index (χ2v) is 6.52. The van der Waals surface area contributed by atoms with Crippen LogP contribution >= 0.6 is 27.7 Å². The van der Waals surface area contributed by atoms with E-state index in [1.165, 1.54) is 11.8 Å².